The highest BCUT2D eigenvalue weighted by atomic mass is 16.2. The number of hydrogen-bond acceptors (Lipinski definition) is 1. The molecule has 0 aromatic heterocycles. The van der Waals surface area contributed by atoms with Gasteiger partial charge in [0, 0.05) is 12.6 Å². The lowest BCUT2D eigenvalue weighted by molar-refractivity contribution is -0.157. The van der Waals surface area contributed by atoms with Crippen LogP contribution in [0, 0.1) is 5.92 Å². The van der Waals surface area contributed by atoms with Crippen LogP contribution in [0.5, 0.6) is 0 Å². The lowest BCUT2D eigenvalue weighted by Gasteiger charge is -2.47. The fourth-order valence-electron chi connectivity index (χ4n) is 3.22. The quantitative estimate of drug-likeness (QED) is 0.714. The molecule has 17 heavy (non-hydrogen) atoms. The van der Waals surface area contributed by atoms with Crippen molar-refractivity contribution >= 4 is 5.91 Å². The molecule has 1 amide bonds. The molecular weight excluding hydrogens is 210 g/mol. The summed E-state index contributed by atoms with van der Waals surface area (Å²) < 4.78 is 0. The topological polar surface area (TPSA) is 20.3 Å². The Hall–Kier alpha value is -1.31. The summed E-state index contributed by atoms with van der Waals surface area (Å²) in [7, 11) is 0. The summed E-state index contributed by atoms with van der Waals surface area (Å²) in [6.45, 7) is 0.806. The summed E-state index contributed by atoms with van der Waals surface area (Å²) in [4.78, 5) is 14.2. The number of amides is 1. The van der Waals surface area contributed by atoms with Crippen molar-refractivity contribution in [2.45, 2.75) is 44.7 Å². The number of carbonyl (C=O) groups excluding carboxylic acids is 1. The van der Waals surface area contributed by atoms with Crippen molar-refractivity contribution in [1.29, 1.82) is 0 Å². The Kier molecular flexibility index (Phi) is 2.87. The minimum Gasteiger partial charge on any atom is -0.334 e. The molecule has 3 rings (SSSR count). The van der Waals surface area contributed by atoms with E-state index in [-0.39, 0.29) is 0 Å². The van der Waals surface area contributed by atoms with E-state index < -0.39 is 0 Å². The van der Waals surface area contributed by atoms with Gasteiger partial charge in [-0.2, -0.15) is 0 Å². The summed E-state index contributed by atoms with van der Waals surface area (Å²) in [6, 6.07) is 10.9. The Morgan fingerprint density at radius 3 is 2.65 bits per heavy atom. The third-order valence-electron chi connectivity index (χ3n) is 4.18. The highest BCUT2D eigenvalue weighted by Crippen LogP contribution is 2.38. The maximum absolute atomic E-state index is 12.1. The highest BCUT2D eigenvalue weighted by molar-refractivity contribution is 5.86. The Morgan fingerprint density at radius 1 is 1.06 bits per heavy atom. The molecular formula is C15H19NO. The van der Waals surface area contributed by atoms with E-state index in [1.807, 2.05) is 18.2 Å². The van der Waals surface area contributed by atoms with Crippen molar-refractivity contribution < 1.29 is 4.79 Å². The molecule has 1 saturated carbocycles. The van der Waals surface area contributed by atoms with Gasteiger partial charge in [-0.3, -0.25) is 4.79 Å². The molecule has 0 radical (unpaired) electrons. The Balaban J connectivity index is 1.70. The van der Waals surface area contributed by atoms with E-state index in [2.05, 4.69) is 17.0 Å². The number of likely N-dealkylation sites (tertiary alicyclic amines) is 1. The van der Waals surface area contributed by atoms with E-state index in [0.29, 0.717) is 17.9 Å². The van der Waals surface area contributed by atoms with Gasteiger partial charge in [-0.05, 0) is 18.4 Å². The van der Waals surface area contributed by atoms with Gasteiger partial charge >= 0.3 is 0 Å². The van der Waals surface area contributed by atoms with Gasteiger partial charge in [-0.25, -0.2) is 0 Å². The molecule has 1 saturated heterocycles. The van der Waals surface area contributed by atoms with Crippen LogP contribution in [-0.4, -0.2) is 16.8 Å². The molecule has 2 unspecified atom stereocenters. The predicted octanol–water partition coefficient (Wildman–Crippen LogP) is 2.98. The molecule has 2 atom stereocenters. The van der Waals surface area contributed by atoms with Crippen LogP contribution >= 0.6 is 0 Å². The average Bonchev–Trinajstić information content (AvgIpc) is 2.60. The normalized spacial score (nSPS) is 28.2. The summed E-state index contributed by atoms with van der Waals surface area (Å²) >= 11 is 0. The molecule has 1 heterocycles. The minimum atomic E-state index is 0.348. The van der Waals surface area contributed by atoms with Crippen LogP contribution in [-0.2, 0) is 11.3 Å². The minimum absolute atomic E-state index is 0.348. The number of nitrogens with zero attached hydrogens (tertiary/aromatic N) is 1. The van der Waals surface area contributed by atoms with Gasteiger partial charge in [-0.15, -0.1) is 0 Å². The van der Waals surface area contributed by atoms with Gasteiger partial charge in [-0.1, -0.05) is 49.6 Å². The van der Waals surface area contributed by atoms with Gasteiger partial charge in [0.1, 0.15) is 0 Å². The zero-order chi connectivity index (χ0) is 11.7. The molecule has 1 aliphatic heterocycles. The van der Waals surface area contributed by atoms with Crippen molar-refractivity contribution in [2.24, 2.45) is 5.92 Å². The van der Waals surface area contributed by atoms with Gasteiger partial charge in [0.2, 0.25) is 5.91 Å². The maximum Gasteiger partial charge on any atom is 0.228 e. The van der Waals surface area contributed by atoms with Crippen LogP contribution in [0.2, 0.25) is 0 Å². The fraction of sp³-hybridized carbons (Fsp3) is 0.533. The second-order valence-electron chi connectivity index (χ2n) is 5.26. The number of fused-ring (bicyclic) bond motifs is 1. The molecule has 1 aliphatic carbocycles. The van der Waals surface area contributed by atoms with E-state index in [4.69, 9.17) is 0 Å². The SMILES string of the molecule is O=C1C2CCCCCC2N1Cc1ccccc1. The molecule has 2 nitrogen and oxygen atoms in total. The molecule has 2 aliphatic rings. The molecule has 2 fully saturated rings. The Morgan fingerprint density at radius 2 is 1.82 bits per heavy atom. The molecule has 1 aromatic carbocycles. The third kappa shape index (κ3) is 1.97. The van der Waals surface area contributed by atoms with Gasteiger partial charge in [0.25, 0.3) is 0 Å². The number of rotatable bonds is 2. The molecule has 0 bridgehead atoms. The smallest absolute Gasteiger partial charge is 0.228 e. The summed E-state index contributed by atoms with van der Waals surface area (Å²) in [5.74, 6) is 0.738. The maximum atomic E-state index is 12.1. The van der Waals surface area contributed by atoms with Crippen LogP contribution in [0.3, 0.4) is 0 Å². The van der Waals surface area contributed by atoms with E-state index in [9.17, 15) is 4.79 Å². The van der Waals surface area contributed by atoms with Gasteiger partial charge in [0.15, 0.2) is 0 Å². The second kappa shape index (κ2) is 4.52. The molecule has 0 N–H and O–H groups in total. The van der Waals surface area contributed by atoms with Crippen molar-refractivity contribution in [3.63, 3.8) is 0 Å². The molecule has 2 heteroatoms. The Labute approximate surface area is 103 Å². The number of hydrogen-bond donors (Lipinski definition) is 0. The largest absolute Gasteiger partial charge is 0.334 e. The van der Waals surface area contributed by atoms with Gasteiger partial charge in [0.05, 0.1) is 5.92 Å². The zero-order valence-electron chi connectivity index (χ0n) is 10.1. The van der Waals surface area contributed by atoms with Crippen molar-refractivity contribution in [3.05, 3.63) is 35.9 Å². The third-order valence-corrected chi connectivity index (χ3v) is 4.18. The average molecular weight is 229 g/mol. The van der Waals surface area contributed by atoms with E-state index >= 15 is 0 Å². The van der Waals surface area contributed by atoms with Crippen LogP contribution in [0.25, 0.3) is 0 Å². The summed E-state index contributed by atoms with van der Waals surface area (Å²) in [5, 5.41) is 0. The first-order valence-electron chi connectivity index (χ1n) is 6.70. The predicted molar refractivity (Wildman–Crippen MR) is 67.4 cm³/mol. The van der Waals surface area contributed by atoms with Crippen LogP contribution in [0.1, 0.15) is 37.7 Å². The lowest BCUT2D eigenvalue weighted by Crippen LogP contribution is -2.59. The first-order chi connectivity index (χ1) is 8.36. The molecule has 1 aromatic rings. The van der Waals surface area contributed by atoms with Crippen LogP contribution in [0.15, 0.2) is 30.3 Å². The number of β-lactam (4-membered cyclic amide) rings is 1. The second-order valence-corrected chi connectivity index (χ2v) is 5.26. The number of benzene rings is 1. The van der Waals surface area contributed by atoms with Gasteiger partial charge < -0.3 is 4.90 Å². The van der Waals surface area contributed by atoms with Crippen LogP contribution < -0.4 is 0 Å². The standard InChI is InChI=1S/C15H19NO/c17-15-13-9-5-2-6-10-14(13)16(15)11-12-7-3-1-4-8-12/h1,3-4,7-8,13-14H,2,5-6,9-11H2. The first-order valence-corrected chi connectivity index (χ1v) is 6.70. The monoisotopic (exact) mass is 229 g/mol. The molecule has 90 valence electrons. The van der Waals surface area contributed by atoms with Crippen molar-refractivity contribution in [2.75, 3.05) is 0 Å². The summed E-state index contributed by atoms with van der Waals surface area (Å²) in [5.41, 5.74) is 1.25. The molecule has 0 spiro atoms. The highest BCUT2D eigenvalue weighted by Gasteiger charge is 2.46. The zero-order valence-corrected chi connectivity index (χ0v) is 10.1. The lowest BCUT2D eigenvalue weighted by atomic mass is 9.83. The van der Waals surface area contributed by atoms with Crippen LogP contribution in [0.4, 0.5) is 0 Å². The first kappa shape index (κ1) is 10.8. The van der Waals surface area contributed by atoms with E-state index in [1.165, 1.54) is 31.2 Å². The number of carbonyl (C=O) groups is 1. The van der Waals surface area contributed by atoms with E-state index in [0.717, 1.165) is 13.0 Å². The van der Waals surface area contributed by atoms with Crippen molar-refractivity contribution in [3.8, 4) is 0 Å². The fourth-order valence-corrected chi connectivity index (χ4v) is 3.22. The Bertz CT molecular complexity index is 401. The van der Waals surface area contributed by atoms with Crippen molar-refractivity contribution in [1.82, 2.24) is 4.90 Å². The van der Waals surface area contributed by atoms with E-state index in [1.54, 1.807) is 0 Å². The summed E-state index contributed by atoms with van der Waals surface area (Å²) in [6.07, 6.45) is 6.17.